The third-order valence-electron chi connectivity index (χ3n) is 3.92. The summed E-state index contributed by atoms with van der Waals surface area (Å²) in [6, 6.07) is -1.14. The van der Waals surface area contributed by atoms with Gasteiger partial charge < -0.3 is 20.5 Å². The van der Waals surface area contributed by atoms with E-state index in [1.807, 2.05) is 0 Å². The van der Waals surface area contributed by atoms with Crippen LogP contribution in [0.15, 0.2) is 0 Å². The maximum atomic E-state index is 11.7. The van der Waals surface area contributed by atoms with Gasteiger partial charge in [-0.3, -0.25) is 0 Å². The van der Waals surface area contributed by atoms with E-state index in [2.05, 4.69) is 17.6 Å². The van der Waals surface area contributed by atoms with Gasteiger partial charge in [0.15, 0.2) is 0 Å². The number of amides is 2. The molecule has 0 bridgehead atoms. The van der Waals surface area contributed by atoms with Gasteiger partial charge in [-0.25, -0.2) is 9.59 Å². The van der Waals surface area contributed by atoms with Gasteiger partial charge in [0.1, 0.15) is 6.04 Å². The molecule has 1 aliphatic heterocycles. The molecule has 108 valence electrons. The van der Waals surface area contributed by atoms with Gasteiger partial charge >= 0.3 is 12.0 Å². The quantitative estimate of drug-likeness (QED) is 0.671. The predicted molar refractivity (Wildman–Crippen MR) is 68.8 cm³/mol. The minimum atomic E-state index is -0.951. The van der Waals surface area contributed by atoms with Crippen LogP contribution in [0.3, 0.4) is 0 Å². The second-order valence-electron chi connectivity index (χ2n) is 5.37. The van der Waals surface area contributed by atoms with Gasteiger partial charge in [0, 0.05) is 19.1 Å². The Morgan fingerprint density at radius 3 is 2.68 bits per heavy atom. The lowest BCUT2D eigenvalue weighted by molar-refractivity contribution is -0.139. The summed E-state index contributed by atoms with van der Waals surface area (Å²) in [5, 5.41) is 14.3. The number of ether oxygens (including phenoxy) is 1. The Kier molecular flexibility index (Phi) is 4.63. The number of hydrogen-bond acceptors (Lipinski definition) is 3. The lowest BCUT2D eigenvalue weighted by Gasteiger charge is -2.19. The molecule has 1 saturated heterocycles. The van der Waals surface area contributed by atoms with E-state index in [4.69, 9.17) is 9.84 Å². The number of carboxylic acid groups (broad SMARTS) is 1. The highest BCUT2D eigenvalue weighted by Gasteiger charge is 2.37. The summed E-state index contributed by atoms with van der Waals surface area (Å²) in [7, 11) is 0. The van der Waals surface area contributed by atoms with Crippen molar-refractivity contribution in [3.8, 4) is 0 Å². The lowest BCUT2D eigenvalue weighted by Crippen LogP contribution is -2.48. The number of carboxylic acids is 1. The predicted octanol–water partition coefficient (Wildman–Crippen LogP) is 0.964. The molecule has 1 heterocycles. The van der Waals surface area contributed by atoms with Crippen LogP contribution in [0.25, 0.3) is 0 Å². The third-order valence-corrected chi connectivity index (χ3v) is 3.92. The van der Waals surface area contributed by atoms with E-state index in [1.165, 1.54) is 0 Å². The topological polar surface area (TPSA) is 87.7 Å². The summed E-state index contributed by atoms with van der Waals surface area (Å²) >= 11 is 0. The van der Waals surface area contributed by atoms with Crippen LogP contribution < -0.4 is 10.6 Å². The van der Waals surface area contributed by atoms with Crippen LogP contribution in [0.5, 0.6) is 0 Å². The smallest absolute Gasteiger partial charge is 0.326 e. The molecule has 0 aromatic heterocycles. The van der Waals surface area contributed by atoms with E-state index in [0.29, 0.717) is 12.5 Å². The van der Waals surface area contributed by atoms with Crippen molar-refractivity contribution >= 4 is 12.0 Å². The standard InChI is InChI=1S/C13H22N2O4/c1-2-10-9(5-6-19-10)7-14-13(18)15-11(12(16)17)8-3-4-8/h8-11H,2-7H2,1H3,(H,16,17)(H2,14,15,18). The van der Waals surface area contributed by atoms with E-state index in [1.54, 1.807) is 0 Å². The number of nitrogens with one attached hydrogen (secondary N) is 2. The molecule has 2 fully saturated rings. The fourth-order valence-electron chi connectivity index (χ4n) is 2.60. The summed E-state index contributed by atoms with van der Waals surface area (Å²) < 4.78 is 5.55. The first-order valence-electron chi connectivity index (χ1n) is 7.00. The Hall–Kier alpha value is -1.30. The van der Waals surface area contributed by atoms with Crippen LogP contribution in [0, 0.1) is 11.8 Å². The Bertz CT molecular complexity index is 344. The second kappa shape index (κ2) is 6.23. The van der Waals surface area contributed by atoms with Crippen LogP contribution in [-0.4, -0.2) is 42.4 Å². The molecule has 2 rings (SSSR count). The molecule has 3 N–H and O–H groups in total. The summed E-state index contributed by atoms with van der Waals surface area (Å²) in [5.74, 6) is -0.519. The molecular weight excluding hydrogens is 248 g/mol. The number of hydrogen-bond donors (Lipinski definition) is 3. The molecule has 6 nitrogen and oxygen atoms in total. The highest BCUT2D eigenvalue weighted by Crippen LogP contribution is 2.32. The zero-order valence-electron chi connectivity index (χ0n) is 11.2. The molecule has 19 heavy (non-hydrogen) atoms. The van der Waals surface area contributed by atoms with Gasteiger partial charge in [-0.2, -0.15) is 0 Å². The van der Waals surface area contributed by atoms with Crippen molar-refractivity contribution in [2.24, 2.45) is 11.8 Å². The van der Waals surface area contributed by atoms with Crippen LogP contribution >= 0.6 is 0 Å². The molecule has 0 spiro atoms. The van der Waals surface area contributed by atoms with Gasteiger partial charge in [-0.1, -0.05) is 6.92 Å². The molecular formula is C13H22N2O4. The molecule has 0 radical (unpaired) electrons. The Balaban J connectivity index is 1.73. The molecule has 1 saturated carbocycles. The molecule has 1 aliphatic carbocycles. The summed E-state index contributed by atoms with van der Waals surface area (Å²) in [6.07, 6.45) is 3.86. The maximum absolute atomic E-state index is 11.7. The van der Waals surface area contributed by atoms with Crippen molar-refractivity contribution in [1.29, 1.82) is 0 Å². The first-order chi connectivity index (χ1) is 9.11. The molecule has 2 aliphatic rings. The minimum absolute atomic E-state index is 0.0986. The Morgan fingerprint density at radius 1 is 1.37 bits per heavy atom. The minimum Gasteiger partial charge on any atom is -0.480 e. The lowest BCUT2D eigenvalue weighted by atomic mass is 10.00. The summed E-state index contributed by atoms with van der Waals surface area (Å²) in [5.41, 5.74) is 0. The number of aliphatic carboxylic acids is 1. The van der Waals surface area contributed by atoms with E-state index in [0.717, 1.165) is 32.3 Å². The van der Waals surface area contributed by atoms with Crippen molar-refractivity contribution in [3.63, 3.8) is 0 Å². The maximum Gasteiger partial charge on any atom is 0.326 e. The van der Waals surface area contributed by atoms with Gasteiger partial charge in [0.2, 0.25) is 0 Å². The zero-order chi connectivity index (χ0) is 13.8. The van der Waals surface area contributed by atoms with E-state index in [-0.39, 0.29) is 18.1 Å². The monoisotopic (exact) mass is 270 g/mol. The summed E-state index contributed by atoms with van der Waals surface area (Å²) in [6.45, 7) is 3.35. The molecule has 6 heteroatoms. The van der Waals surface area contributed by atoms with Gasteiger partial charge in [0.25, 0.3) is 0 Å². The van der Waals surface area contributed by atoms with Crippen molar-refractivity contribution in [1.82, 2.24) is 10.6 Å². The van der Waals surface area contributed by atoms with Gasteiger partial charge in [0.05, 0.1) is 6.10 Å². The largest absolute Gasteiger partial charge is 0.480 e. The molecule has 3 unspecified atom stereocenters. The highest BCUT2D eigenvalue weighted by molar-refractivity contribution is 5.83. The summed E-state index contributed by atoms with van der Waals surface area (Å²) in [4.78, 5) is 22.7. The zero-order valence-corrected chi connectivity index (χ0v) is 11.2. The van der Waals surface area contributed by atoms with Gasteiger partial charge in [-0.05, 0) is 31.6 Å². The number of rotatable bonds is 6. The molecule has 3 atom stereocenters. The van der Waals surface area contributed by atoms with Crippen molar-refractivity contribution < 1.29 is 19.4 Å². The van der Waals surface area contributed by atoms with Gasteiger partial charge in [-0.15, -0.1) is 0 Å². The van der Waals surface area contributed by atoms with E-state index < -0.39 is 12.0 Å². The van der Waals surface area contributed by atoms with Crippen LogP contribution in [0.2, 0.25) is 0 Å². The number of urea groups is 1. The average Bonchev–Trinajstić information content (AvgIpc) is 3.11. The molecule has 2 amide bonds. The molecule has 0 aromatic carbocycles. The fraction of sp³-hybridized carbons (Fsp3) is 0.846. The Morgan fingerprint density at radius 2 is 2.11 bits per heavy atom. The normalized spacial score (nSPS) is 27.8. The van der Waals surface area contributed by atoms with Crippen molar-refractivity contribution in [2.75, 3.05) is 13.2 Å². The average molecular weight is 270 g/mol. The third kappa shape index (κ3) is 3.83. The first kappa shape index (κ1) is 14.1. The van der Waals surface area contributed by atoms with E-state index >= 15 is 0 Å². The number of carbonyl (C=O) groups is 2. The SMILES string of the molecule is CCC1OCCC1CNC(=O)NC(C(=O)O)C1CC1. The highest BCUT2D eigenvalue weighted by atomic mass is 16.5. The van der Waals surface area contributed by atoms with Crippen LogP contribution in [0.4, 0.5) is 4.79 Å². The number of carbonyl (C=O) groups excluding carboxylic acids is 1. The Labute approximate surface area is 112 Å². The van der Waals surface area contributed by atoms with E-state index in [9.17, 15) is 9.59 Å². The van der Waals surface area contributed by atoms with Crippen molar-refractivity contribution in [3.05, 3.63) is 0 Å². The first-order valence-corrected chi connectivity index (χ1v) is 7.00. The van der Waals surface area contributed by atoms with Crippen LogP contribution in [-0.2, 0) is 9.53 Å². The fourth-order valence-corrected chi connectivity index (χ4v) is 2.60. The second-order valence-corrected chi connectivity index (χ2v) is 5.37. The molecule has 0 aromatic rings. The van der Waals surface area contributed by atoms with Crippen molar-refractivity contribution in [2.45, 2.75) is 44.8 Å². The van der Waals surface area contributed by atoms with Crippen LogP contribution in [0.1, 0.15) is 32.6 Å².